The lowest BCUT2D eigenvalue weighted by atomic mass is 10.4. The molecule has 14 heavy (non-hydrogen) atoms. The third-order valence-electron chi connectivity index (χ3n) is 2.12. The molecule has 5 heteroatoms. The molecule has 0 atom stereocenters. The maximum atomic E-state index is 11.5. The minimum Gasteiger partial charge on any atom is -0.459 e. The Morgan fingerprint density at radius 2 is 2.29 bits per heavy atom. The topological polar surface area (TPSA) is 57.5 Å². The third kappa shape index (κ3) is 2.12. The van der Waals surface area contributed by atoms with Crippen molar-refractivity contribution in [2.24, 2.45) is 0 Å². The standard InChI is InChI=1S/C9H13N3O2/c13-9(8-2-1-7-14-8)11-12-5-3-10-4-6-12/h1-2,7,10H,3-6H2,(H,11,13). The summed E-state index contributed by atoms with van der Waals surface area (Å²) < 4.78 is 4.98. The van der Waals surface area contributed by atoms with Crippen molar-refractivity contribution < 1.29 is 9.21 Å². The molecule has 5 nitrogen and oxygen atoms in total. The molecule has 1 fully saturated rings. The Hall–Kier alpha value is -1.33. The summed E-state index contributed by atoms with van der Waals surface area (Å²) in [4.78, 5) is 11.5. The van der Waals surface area contributed by atoms with Gasteiger partial charge in [0, 0.05) is 26.2 Å². The Kier molecular flexibility index (Phi) is 2.81. The van der Waals surface area contributed by atoms with Gasteiger partial charge >= 0.3 is 5.91 Å². The molecule has 1 aromatic heterocycles. The molecular weight excluding hydrogens is 182 g/mol. The largest absolute Gasteiger partial charge is 0.459 e. The molecule has 76 valence electrons. The summed E-state index contributed by atoms with van der Waals surface area (Å²) in [6, 6.07) is 3.35. The van der Waals surface area contributed by atoms with Gasteiger partial charge in [0.25, 0.3) is 0 Å². The number of nitrogens with zero attached hydrogens (tertiary/aromatic N) is 1. The van der Waals surface area contributed by atoms with Gasteiger partial charge in [0.05, 0.1) is 6.26 Å². The van der Waals surface area contributed by atoms with Crippen LogP contribution in [0.4, 0.5) is 0 Å². The molecule has 0 saturated carbocycles. The van der Waals surface area contributed by atoms with Crippen molar-refractivity contribution >= 4 is 5.91 Å². The summed E-state index contributed by atoms with van der Waals surface area (Å²) in [5.41, 5.74) is 2.78. The van der Waals surface area contributed by atoms with Gasteiger partial charge in [0.15, 0.2) is 5.76 Å². The summed E-state index contributed by atoms with van der Waals surface area (Å²) in [7, 11) is 0. The Morgan fingerprint density at radius 3 is 2.93 bits per heavy atom. The van der Waals surface area contributed by atoms with Crippen molar-refractivity contribution in [1.82, 2.24) is 15.8 Å². The van der Waals surface area contributed by atoms with Gasteiger partial charge < -0.3 is 9.73 Å². The Morgan fingerprint density at radius 1 is 1.50 bits per heavy atom. The van der Waals surface area contributed by atoms with Crippen molar-refractivity contribution in [2.45, 2.75) is 0 Å². The predicted octanol–water partition coefficient (Wildman–Crippen LogP) is -0.170. The van der Waals surface area contributed by atoms with Gasteiger partial charge in [-0.1, -0.05) is 0 Å². The Balaban J connectivity index is 1.87. The first-order valence-electron chi connectivity index (χ1n) is 4.66. The number of carbonyl (C=O) groups excluding carboxylic acids is 1. The SMILES string of the molecule is O=C(NN1CCNCC1)c1ccco1. The number of carbonyl (C=O) groups is 1. The molecule has 0 aliphatic carbocycles. The predicted molar refractivity (Wildman–Crippen MR) is 50.6 cm³/mol. The van der Waals surface area contributed by atoms with Crippen molar-refractivity contribution in [1.29, 1.82) is 0 Å². The number of rotatable bonds is 2. The molecule has 1 aliphatic heterocycles. The quantitative estimate of drug-likeness (QED) is 0.688. The van der Waals surface area contributed by atoms with E-state index in [-0.39, 0.29) is 5.91 Å². The van der Waals surface area contributed by atoms with Crippen LogP contribution in [0.2, 0.25) is 0 Å². The molecule has 2 N–H and O–H groups in total. The molecule has 0 bridgehead atoms. The average molecular weight is 195 g/mol. The van der Waals surface area contributed by atoms with E-state index < -0.39 is 0 Å². The monoisotopic (exact) mass is 195 g/mol. The van der Waals surface area contributed by atoms with E-state index in [0.29, 0.717) is 5.76 Å². The molecule has 1 saturated heterocycles. The third-order valence-corrected chi connectivity index (χ3v) is 2.12. The van der Waals surface area contributed by atoms with Crippen LogP contribution in [0, 0.1) is 0 Å². The van der Waals surface area contributed by atoms with Crippen LogP contribution in [-0.4, -0.2) is 37.1 Å². The van der Waals surface area contributed by atoms with E-state index >= 15 is 0 Å². The van der Waals surface area contributed by atoms with Crippen molar-refractivity contribution in [3.05, 3.63) is 24.2 Å². The highest BCUT2D eigenvalue weighted by molar-refractivity contribution is 5.90. The van der Waals surface area contributed by atoms with Gasteiger partial charge in [0.2, 0.25) is 0 Å². The molecule has 0 unspecified atom stereocenters. The van der Waals surface area contributed by atoms with Crippen LogP contribution < -0.4 is 10.7 Å². The number of hydrogen-bond acceptors (Lipinski definition) is 4. The van der Waals surface area contributed by atoms with Crippen molar-refractivity contribution in [2.75, 3.05) is 26.2 Å². The van der Waals surface area contributed by atoms with Gasteiger partial charge in [-0.05, 0) is 12.1 Å². The summed E-state index contributed by atoms with van der Waals surface area (Å²) in [5, 5.41) is 5.10. The molecule has 2 heterocycles. The number of furan rings is 1. The van der Waals surface area contributed by atoms with E-state index in [4.69, 9.17) is 4.42 Å². The second-order valence-corrected chi connectivity index (χ2v) is 3.16. The van der Waals surface area contributed by atoms with Crippen LogP contribution in [-0.2, 0) is 0 Å². The highest BCUT2D eigenvalue weighted by atomic mass is 16.3. The number of amides is 1. The van der Waals surface area contributed by atoms with Crippen molar-refractivity contribution in [3.63, 3.8) is 0 Å². The van der Waals surface area contributed by atoms with E-state index in [2.05, 4.69) is 10.7 Å². The van der Waals surface area contributed by atoms with Crippen LogP contribution >= 0.6 is 0 Å². The maximum absolute atomic E-state index is 11.5. The first kappa shape index (κ1) is 9.23. The molecular formula is C9H13N3O2. The zero-order chi connectivity index (χ0) is 9.80. The smallest absolute Gasteiger partial charge is 0.301 e. The molecule has 1 aromatic rings. The fraction of sp³-hybridized carbons (Fsp3) is 0.444. The van der Waals surface area contributed by atoms with Crippen LogP contribution in [0.25, 0.3) is 0 Å². The normalized spacial score (nSPS) is 18.0. The lowest BCUT2D eigenvalue weighted by Crippen LogP contribution is -2.52. The van der Waals surface area contributed by atoms with E-state index in [1.807, 2.05) is 5.01 Å². The van der Waals surface area contributed by atoms with E-state index in [9.17, 15) is 4.79 Å². The number of piperazine rings is 1. The van der Waals surface area contributed by atoms with Gasteiger partial charge in [-0.3, -0.25) is 10.2 Å². The first-order chi connectivity index (χ1) is 6.86. The number of hydrogen-bond donors (Lipinski definition) is 2. The summed E-state index contributed by atoms with van der Waals surface area (Å²) in [6.07, 6.45) is 1.49. The molecule has 0 spiro atoms. The summed E-state index contributed by atoms with van der Waals surface area (Å²) >= 11 is 0. The summed E-state index contributed by atoms with van der Waals surface area (Å²) in [5.74, 6) is 0.167. The molecule has 1 amide bonds. The van der Waals surface area contributed by atoms with Gasteiger partial charge in [-0.2, -0.15) is 0 Å². The van der Waals surface area contributed by atoms with Gasteiger partial charge in [0.1, 0.15) is 0 Å². The van der Waals surface area contributed by atoms with Crippen LogP contribution in [0.15, 0.2) is 22.8 Å². The van der Waals surface area contributed by atoms with E-state index in [0.717, 1.165) is 26.2 Å². The highest BCUT2D eigenvalue weighted by Crippen LogP contribution is 2.00. The number of hydrazine groups is 1. The molecule has 2 rings (SSSR count). The zero-order valence-electron chi connectivity index (χ0n) is 7.82. The summed E-state index contributed by atoms with van der Waals surface area (Å²) in [6.45, 7) is 3.45. The lowest BCUT2D eigenvalue weighted by Gasteiger charge is -2.26. The second-order valence-electron chi connectivity index (χ2n) is 3.16. The Bertz CT molecular complexity index is 291. The fourth-order valence-corrected chi connectivity index (χ4v) is 1.38. The second kappa shape index (κ2) is 4.26. The van der Waals surface area contributed by atoms with E-state index in [1.54, 1.807) is 12.1 Å². The minimum absolute atomic E-state index is 0.183. The highest BCUT2D eigenvalue weighted by Gasteiger charge is 2.14. The zero-order valence-corrected chi connectivity index (χ0v) is 7.82. The van der Waals surface area contributed by atoms with Gasteiger partial charge in [-0.15, -0.1) is 0 Å². The fourth-order valence-electron chi connectivity index (χ4n) is 1.38. The lowest BCUT2D eigenvalue weighted by molar-refractivity contribution is 0.0736. The maximum Gasteiger partial charge on any atom is 0.301 e. The van der Waals surface area contributed by atoms with Crippen LogP contribution in [0.5, 0.6) is 0 Å². The van der Waals surface area contributed by atoms with Gasteiger partial charge in [-0.25, -0.2) is 5.01 Å². The minimum atomic E-state index is -0.183. The number of nitrogens with one attached hydrogen (secondary N) is 2. The van der Waals surface area contributed by atoms with E-state index in [1.165, 1.54) is 6.26 Å². The van der Waals surface area contributed by atoms with Crippen LogP contribution in [0.3, 0.4) is 0 Å². The van der Waals surface area contributed by atoms with Crippen molar-refractivity contribution in [3.8, 4) is 0 Å². The molecule has 0 radical (unpaired) electrons. The molecule has 1 aliphatic rings. The van der Waals surface area contributed by atoms with Crippen LogP contribution in [0.1, 0.15) is 10.6 Å². The first-order valence-corrected chi connectivity index (χ1v) is 4.66. The average Bonchev–Trinajstić information content (AvgIpc) is 2.72. The molecule has 0 aromatic carbocycles. The Labute approximate surface area is 82.0 Å².